The molecule has 1 atom stereocenters. The number of aryl methyl sites for hydroxylation is 2. The van der Waals surface area contributed by atoms with Crippen LogP contribution in [0.25, 0.3) is 11.3 Å². The number of sulfonamides is 1. The molecule has 1 aliphatic heterocycles. The Labute approximate surface area is 264 Å². The highest BCUT2D eigenvalue weighted by Gasteiger charge is 2.32. The number of benzene rings is 2. The highest BCUT2D eigenvalue weighted by atomic mass is 32.2. The summed E-state index contributed by atoms with van der Waals surface area (Å²) in [6.07, 6.45) is 3.95. The van der Waals surface area contributed by atoms with Crippen molar-refractivity contribution >= 4 is 21.9 Å². The normalized spacial score (nSPS) is 16.5. The Morgan fingerprint density at radius 3 is 2.42 bits per heavy atom. The summed E-state index contributed by atoms with van der Waals surface area (Å²) < 4.78 is 41.6. The lowest BCUT2D eigenvalue weighted by atomic mass is 9.87. The van der Waals surface area contributed by atoms with Crippen LogP contribution in [-0.2, 0) is 16.6 Å². The summed E-state index contributed by atoms with van der Waals surface area (Å²) in [7, 11) is -2.58. The van der Waals surface area contributed by atoms with E-state index < -0.39 is 16.1 Å². The Hall–Kier alpha value is -4.51. The van der Waals surface area contributed by atoms with Crippen molar-refractivity contribution in [3.8, 4) is 22.9 Å². The molecule has 0 saturated carbocycles. The van der Waals surface area contributed by atoms with Gasteiger partial charge >= 0.3 is 0 Å². The minimum atomic E-state index is -4.16. The Morgan fingerprint density at radius 2 is 1.73 bits per heavy atom. The lowest BCUT2D eigenvalue weighted by molar-refractivity contribution is 0.0512. The fraction of sp³-hybridized carbons (Fsp3) is 0.353. The average molecular weight is 630 g/mol. The molecule has 0 fully saturated rings. The summed E-state index contributed by atoms with van der Waals surface area (Å²) in [6, 6.07) is 13.2. The van der Waals surface area contributed by atoms with Crippen LogP contribution in [0.15, 0.2) is 65.8 Å². The molecule has 3 heterocycles. The quantitative estimate of drug-likeness (QED) is 0.280. The molecule has 0 aliphatic carbocycles. The van der Waals surface area contributed by atoms with Crippen molar-refractivity contribution in [3.05, 3.63) is 88.7 Å². The number of carbonyl (C=O) groups excluding carboxylic acids is 1. The fourth-order valence-corrected chi connectivity index (χ4v) is 6.63. The number of anilines is 1. The van der Waals surface area contributed by atoms with E-state index in [2.05, 4.69) is 40.4 Å². The molecule has 1 aliphatic rings. The molecule has 2 aromatic carbocycles. The summed E-state index contributed by atoms with van der Waals surface area (Å²) in [6.45, 7) is 12.5. The van der Waals surface area contributed by atoms with Crippen molar-refractivity contribution in [1.82, 2.24) is 19.9 Å². The maximum atomic E-state index is 14.4. The van der Waals surface area contributed by atoms with Gasteiger partial charge in [-0.1, -0.05) is 45.0 Å². The number of carbonyl (C=O) groups is 1. The van der Waals surface area contributed by atoms with Gasteiger partial charge in [-0.25, -0.2) is 18.1 Å². The second kappa shape index (κ2) is 12.5. The Morgan fingerprint density at radius 1 is 1.02 bits per heavy atom. The van der Waals surface area contributed by atoms with Crippen LogP contribution >= 0.6 is 0 Å². The van der Waals surface area contributed by atoms with E-state index in [-0.39, 0.29) is 46.8 Å². The topological polar surface area (TPSA) is 124 Å². The van der Waals surface area contributed by atoms with Crippen LogP contribution in [0.3, 0.4) is 0 Å². The molecule has 0 radical (unpaired) electrons. The number of methoxy groups -OCH3 is 1. The molecule has 11 heteroatoms. The summed E-state index contributed by atoms with van der Waals surface area (Å²) in [4.78, 5) is 29.4. The number of ether oxygens (including phenoxy) is 2. The van der Waals surface area contributed by atoms with Gasteiger partial charge in [-0.15, -0.1) is 0 Å². The molecule has 0 spiro atoms. The third-order valence-corrected chi connectivity index (χ3v) is 9.19. The number of hydrogen-bond donors (Lipinski definition) is 1. The standard InChI is InChI=1S/C34H39N5O5S/c1-21-10-8-11-22(2)31(21)28-15-30-37-33(36-28)38-45(41,42)27-13-9-12-24(14-27)32(40)39(26(20-44-30)16-34(4,5)6)19-25-17-35-18-29(43-7)23(25)3/h8-15,17-18,26H,16,19-20H2,1-7H3,(H,36,37,38)/t26-/m1/s1. The lowest BCUT2D eigenvalue weighted by Crippen LogP contribution is -2.45. The predicted molar refractivity (Wildman–Crippen MR) is 173 cm³/mol. The maximum absolute atomic E-state index is 14.4. The van der Waals surface area contributed by atoms with Gasteiger partial charge < -0.3 is 14.4 Å². The van der Waals surface area contributed by atoms with Crippen LogP contribution in [0, 0.1) is 26.2 Å². The molecule has 4 bridgehead atoms. The molecular formula is C34H39N5O5S. The van der Waals surface area contributed by atoms with Crippen LogP contribution in [0.5, 0.6) is 11.6 Å². The molecule has 5 rings (SSSR count). The van der Waals surface area contributed by atoms with E-state index in [1.165, 1.54) is 12.1 Å². The van der Waals surface area contributed by atoms with Crippen molar-refractivity contribution in [2.24, 2.45) is 5.41 Å². The SMILES string of the molecule is COc1cncc(CN2C(=O)c3cccc(c3)S(=O)(=O)Nc3nc(cc(-c4c(C)cccc4C)n3)OC[C@H]2CC(C)(C)C)c1C. The highest BCUT2D eigenvalue weighted by molar-refractivity contribution is 7.92. The molecule has 1 N–H and O–H groups in total. The van der Waals surface area contributed by atoms with E-state index in [0.717, 1.165) is 27.8 Å². The Bertz CT molecular complexity index is 1830. The van der Waals surface area contributed by atoms with E-state index in [1.807, 2.05) is 39.0 Å². The summed E-state index contributed by atoms with van der Waals surface area (Å²) in [5.41, 5.74) is 5.04. The summed E-state index contributed by atoms with van der Waals surface area (Å²) in [5, 5.41) is 0. The third-order valence-electron chi connectivity index (χ3n) is 7.86. The first kappa shape index (κ1) is 31.9. The second-order valence-corrected chi connectivity index (χ2v) is 14.3. The molecular weight excluding hydrogens is 590 g/mol. The lowest BCUT2D eigenvalue weighted by Gasteiger charge is -2.36. The zero-order valence-corrected chi connectivity index (χ0v) is 27.5. The predicted octanol–water partition coefficient (Wildman–Crippen LogP) is 6.11. The number of hydrogen-bond acceptors (Lipinski definition) is 8. The monoisotopic (exact) mass is 629 g/mol. The van der Waals surface area contributed by atoms with Gasteiger partial charge in [0.05, 0.1) is 29.9 Å². The largest absolute Gasteiger partial charge is 0.495 e. The first-order valence-electron chi connectivity index (χ1n) is 14.8. The van der Waals surface area contributed by atoms with Crippen molar-refractivity contribution in [2.45, 2.75) is 65.4 Å². The second-order valence-electron chi connectivity index (χ2n) is 12.6. The van der Waals surface area contributed by atoms with E-state index in [9.17, 15) is 13.2 Å². The molecule has 1 amide bonds. The summed E-state index contributed by atoms with van der Waals surface area (Å²) in [5.74, 6) is 0.349. The Balaban J connectivity index is 1.69. The number of pyridine rings is 1. The molecule has 0 saturated heterocycles. The van der Waals surface area contributed by atoms with Gasteiger partial charge in [-0.05, 0) is 73.1 Å². The molecule has 236 valence electrons. The van der Waals surface area contributed by atoms with Crippen LogP contribution in [0.2, 0.25) is 0 Å². The van der Waals surface area contributed by atoms with E-state index in [0.29, 0.717) is 17.9 Å². The highest BCUT2D eigenvalue weighted by Crippen LogP contribution is 2.32. The molecule has 10 nitrogen and oxygen atoms in total. The van der Waals surface area contributed by atoms with E-state index in [4.69, 9.17) is 9.47 Å². The van der Waals surface area contributed by atoms with Crippen LogP contribution in [0.4, 0.5) is 5.95 Å². The maximum Gasteiger partial charge on any atom is 0.264 e. The smallest absolute Gasteiger partial charge is 0.264 e. The van der Waals surface area contributed by atoms with Gasteiger partial charge in [-0.3, -0.25) is 9.78 Å². The minimum Gasteiger partial charge on any atom is -0.495 e. The number of nitrogens with one attached hydrogen (secondary N) is 1. The van der Waals surface area contributed by atoms with Gasteiger partial charge in [0.15, 0.2) is 0 Å². The molecule has 4 aromatic rings. The van der Waals surface area contributed by atoms with Crippen LogP contribution < -0.4 is 14.2 Å². The van der Waals surface area contributed by atoms with Gasteiger partial charge in [0.1, 0.15) is 12.4 Å². The molecule has 45 heavy (non-hydrogen) atoms. The number of fused-ring (bicyclic) bond motifs is 4. The van der Waals surface area contributed by atoms with Crippen LogP contribution in [-0.4, -0.2) is 53.9 Å². The third kappa shape index (κ3) is 7.09. The minimum absolute atomic E-state index is 0.0808. The number of nitrogens with zero attached hydrogens (tertiary/aromatic N) is 4. The van der Waals surface area contributed by atoms with Gasteiger partial charge in [0, 0.05) is 29.9 Å². The first-order valence-corrected chi connectivity index (χ1v) is 16.2. The molecule has 0 unspecified atom stereocenters. The van der Waals surface area contributed by atoms with Gasteiger partial charge in [0.2, 0.25) is 11.8 Å². The first-order chi connectivity index (χ1) is 21.3. The zero-order chi connectivity index (χ0) is 32.5. The average Bonchev–Trinajstić information content (AvgIpc) is 2.97. The van der Waals surface area contributed by atoms with Gasteiger partial charge in [0.25, 0.3) is 15.9 Å². The number of rotatable bonds is 5. The van der Waals surface area contributed by atoms with E-state index >= 15 is 0 Å². The van der Waals surface area contributed by atoms with Crippen LogP contribution in [0.1, 0.15) is 59.8 Å². The fourth-order valence-electron chi connectivity index (χ4n) is 5.64. The number of amides is 1. The summed E-state index contributed by atoms with van der Waals surface area (Å²) >= 11 is 0. The van der Waals surface area contributed by atoms with Crippen molar-refractivity contribution < 1.29 is 22.7 Å². The van der Waals surface area contributed by atoms with Crippen molar-refractivity contribution in [1.29, 1.82) is 0 Å². The Kier molecular flexibility index (Phi) is 8.84. The number of aromatic nitrogens is 3. The molecule has 2 aromatic heterocycles. The van der Waals surface area contributed by atoms with E-state index in [1.54, 1.807) is 42.6 Å². The van der Waals surface area contributed by atoms with Gasteiger partial charge in [-0.2, -0.15) is 4.98 Å². The zero-order valence-electron chi connectivity index (χ0n) is 26.7. The van der Waals surface area contributed by atoms with Crippen molar-refractivity contribution in [2.75, 3.05) is 18.4 Å². The van der Waals surface area contributed by atoms with Crippen molar-refractivity contribution in [3.63, 3.8) is 0 Å².